The molecule has 0 saturated carbocycles. The second-order valence-electron chi connectivity index (χ2n) is 5.89. The van der Waals surface area contributed by atoms with Crippen LogP contribution in [0, 0.1) is 13.8 Å². The Morgan fingerprint density at radius 1 is 1.12 bits per heavy atom. The molecule has 0 radical (unpaired) electrons. The molecule has 3 aromatic rings. The van der Waals surface area contributed by atoms with E-state index in [9.17, 15) is 4.79 Å². The molecule has 0 bridgehead atoms. The number of halogens is 3. The first-order valence-corrected chi connectivity index (χ1v) is 9.04. The summed E-state index contributed by atoms with van der Waals surface area (Å²) in [7, 11) is 0. The number of nitrogens with zero attached hydrogens (tertiary/aromatic N) is 2. The van der Waals surface area contributed by atoms with E-state index in [1.807, 2.05) is 42.8 Å². The van der Waals surface area contributed by atoms with Gasteiger partial charge >= 0.3 is 0 Å². The fourth-order valence-corrected chi connectivity index (χ4v) is 3.30. The summed E-state index contributed by atoms with van der Waals surface area (Å²) in [5, 5.41) is 8.65. The molecule has 0 spiro atoms. The highest BCUT2D eigenvalue weighted by molar-refractivity contribution is 6.44. The van der Waals surface area contributed by atoms with Crippen LogP contribution in [-0.4, -0.2) is 15.7 Å². The number of rotatable bonds is 4. The van der Waals surface area contributed by atoms with Crippen molar-refractivity contribution >= 4 is 46.4 Å². The van der Waals surface area contributed by atoms with Crippen LogP contribution in [-0.2, 0) is 6.54 Å². The average Bonchev–Trinajstić information content (AvgIpc) is 2.85. The van der Waals surface area contributed by atoms with Crippen molar-refractivity contribution in [2.75, 3.05) is 5.32 Å². The number of aryl methyl sites for hydroxylation is 1. The lowest BCUT2D eigenvalue weighted by Crippen LogP contribution is -2.14. The molecule has 1 heterocycles. The zero-order chi connectivity index (χ0) is 18.8. The summed E-state index contributed by atoms with van der Waals surface area (Å²) in [6, 6.07) is 12.5. The zero-order valence-electron chi connectivity index (χ0n) is 14.2. The van der Waals surface area contributed by atoms with E-state index in [2.05, 4.69) is 10.4 Å². The van der Waals surface area contributed by atoms with E-state index in [1.54, 1.807) is 18.2 Å². The molecule has 2 aromatic carbocycles. The molecule has 0 aliphatic carbocycles. The third-order valence-electron chi connectivity index (χ3n) is 4.04. The first kappa shape index (κ1) is 18.8. The summed E-state index contributed by atoms with van der Waals surface area (Å²) in [6.07, 6.45) is 0. The minimum atomic E-state index is -0.328. The Hall–Kier alpha value is -2.01. The number of aromatic nitrogens is 2. The second kappa shape index (κ2) is 7.70. The third kappa shape index (κ3) is 3.88. The number of hydrogen-bond acceptors (Lipinski definition) is 2. The van der Waals surface area contributed by atoms with Crippen LogP contribution in [0.4, 0.5) is 5.69 Å². The van der Waals surface area contributed by atoms with Crippen LogP contribution in [0.3, 0.4) is 0 Å². The molecule has 0 unspecified atom stereocenters. The summed E-state index contributed by atoms with van der Waals surface area (Å²) in [4.78, 5) is 12.6. The Kier molecular flexibility index (Phi) is 5.56. The van der Waals surface area contributed by atoms with Gasteiger partial charge in [0.1, 0.15) is 0 Å². The Morgan fingerprint density at radius 2 is 1.85 bits per heavy atom. The molecule has 3 rings (SSSR count). The summed E-state index contributed by atoms with van der Waals surface area (Å²) in [5.41, 5.74) is 3.57. The molecule has 0 fully saturated rings. The standard InChI is InChI=1S/C19H16Cl3N3O/c1-11-18(23-19(26)15-7-4-8-16(21)17(15)22)12(2)25(24-11)10-13-5-3-6-14(20)9-13/h3-9H,10H2,1-2H3,(H,23,26). The van der Waals surface area contributed by atoms with Crippen molar-refractivity contribution in [3.63, 3.8) is 0 Å². The minimum absolute atomic E-state index is 0.230. The van der Waals surface area contributed by atoms with Gasteiger partial charge in [0.15, 0.2) is 0 Å². The number of hydrogen-bond donors (Lipinski definition) is 1. The maximum absolute atomic E-state index is 12.6. The normalized spacial score (nSPS) is 10.8. The molecule has 0 saturated heterocycles. The first-order chi connectivity index (χ1) is 12.4. The van der Waals surface area contributed by atoms with Crippen molar-refractivity contribution in [2.45, 2.75) is 20.4 Å². The highest BCUT2D eigenvalue weighted by Gasteiger charge is 2.18. The molecule has 7 heteroatoms. The monoisotopic (exact) mass is 407 g/mol. The topological polar surface area (TPSA) is 46.9 Å². The predicted molar refractivity (Wildman–Crippen MR) is 107 cm³/mol. The van der Waals surface area contributed by atoms with Gasteiger partial charge in [-0.1, -0.05) is 53.0 Å². The minimum Gasteiger partial charge on any atom is -0.319 e. The summed E-state index contributed by atoms with van der Waals surface area (Å²) in [6.45, 7) is 4.30. The summed E-state index contributed by atoms with van der Waals surface area (Å²) < 4.78 is 1.83. The summed E-state index contributed by atoms with van der Waals surface area (Å²) >= 11 is 18.2. The van der Waals surface area contributed by atoms with E-state index in [0.29, 0.717) is 27.8 Å². The highest BCUT2D eigenvalue weighted by Crippen LogP contribution is 2.27. The van der Waals surface area contributed by atoms with Gasteiger partial charge in [-0.2, -0.15) is 5.10 Å². The molecule has 0 aliphatic rings. The zero-order valence-corrected chi connectivity index (χ0v) is 16.5. The third-order valence-corrected chi connectivity index (χ3v) is 5.09. The maximum atomic E-state index is 12.6. The number of anilines is 1. The second-order valence-corrected chi connectivity index (χ2v) is 7.11. The Morgan fingerprint density at radius 3 is 2.58 bits per heavy atom. The molecule has 26 heavy (non-hydrogen) atoms. The fraction of sp³-hybridized carbons (Fsp3) is 0.158. The van der Waals surface area contributed by atoms with Gasteiger partial charge in [-0.15, -0.1) is 0 Å². The SMILES string of the molecule is Cc1nn(Cc2cccc(Cl)c2)c(C)c1NC(=O)c1cccc(Cl)c1Cl. The van der Waals surface area contributed by atoms with Gasteiger partial charge < -0.3 is 5.32 Å². The van der Waals surface area contributed by atoms with Crippen molar-refractivity contribution in [1.82, 2.24) is 9.78 Å². The Bertz CT molecular complexity index is 982. The van der Waals surface area contributed by atoms with Gasteiger partial charge in [0.05, 0.1) is 39.2 Å². The van der Waals surface area contributed by atoms with E-state index in [-0.39, 0.29) is 10.9 Å². The van der Waals surface area contributed by atoms with Crippen LogP contribution in [0.25, 0.3) is 0 Å². The van der Waals surface area contributed by atoms with Gasteiger partial charge in [0.2, 0.25) is 0 Å². The number of nitrogens with one attached hydrogen (secondary N) is 1. The lowest BCUT2D eigenvalue weighted by molar-refractivity contribution is 0.102. The van der Waals surface area contributed by atoms with Gasteiger partial charge in [0, 0.05) is 5.02 Å². The smallest absolute Gasteiger partial charge is 0.257 e. The molecule has 0 atom stereocenters. The number of amides is 1. The lowest BCUT2D eigenvalue weighted by atomic mass is 10.2. The molecule has 4 nitrogen and oxygen atoms in total. The van der Waals surface area contributed by atoms with Gasteiger partial charge in [0.25, 0.3) is 5.91 Å². The van der Waals surface area contributed by atoms with Crippen molar-refractivity contribution in [3.8, 4) is 0 Å². The van der Waals surface area contributed by atoms with Crippen LogP contribution in [0.1, 0.15) is 27.3 Å². The van der Waals surface area contributed by atoms with E-state index in [4.69, 9.17) is 34.8 Å². The number of benzene rings is 2. The van der Waals surface area contributed by atoms with Crippen LogP contribution < -0.4 is 5.32 Å². The van der Waals surface area contributed by atoms with E-state index >= 15 is 0 Å². The number of carbonyl (C=O) groups excluding carboxylic acids is 1. The van der Waals surface area contributed by atoms with Gasteiger partial charge in [-0.25, -0.2) is 0 Å². The molecule has 1 N–H and O–H groups in total. The van der Waals surface area contributed by atoms with Crippen LogP contribution in [0.15, 0.2) is 42.5 Å². The Balaban J connectivity index is 1.86. The molecular formula is C19H16Cl3N3O. The summed E-state index contributed by atoms with van der Waals surface area (Å²) in [5.74, 6) is -0.328. The Labute approximate surface area is 166 Å². The quantitative estimate of drug-likeness (QED) is 0.596. The number of carbonyl (C=O) groups is 1. The lowest BCUT2D eigenvalue weighted by Gasteiger charge is -2.09. The van der Waals surface area contributed by atoms with Gasteiger partial charge in [-0.05, 0) is 43.7 Å². The van der Waals surface area contributed by atoms with Crippen molar-refractivity contribution in [1.29, 1.82) is 0 Å². The molecule has 1 amide bonds. The molecule has 1 aromatic heterocycles. The van der Waals surface area contributed by atoms with E-state index < -0.39 is 0 Å². The van der Waals surface area contributed by atoms with Crippen molar-refractivity contribution in [2.24, 2.45) is 0 Å². The first-order valence-electron chi connectivity index (χ1n) is 7.90. The van der Waals surface area contributed by atoms with E-state index in [1.165, 1.54) is 0 Å². The molecule has 134 valence electrons. The van der Waals surface area contributed by atoms with Crippen LogP contribution in [0.5, 0.6) is 0 Å². The largest absolute Gasteiger partial charge is 0.319 e. The van der Waals surface area contributed by atoms with Crippen molar-refractivity contribution in [3.05, 3.63) is 80.0 Å². The van der Waals surface area contributed by atoms with Crippen LogP contribution in [0.2, 0.25) is 15.1 Å². The van der Waals surface area contributed by atoms with Crippen molar-refractivity contribution < 1.29 is 4.79 Å². The highest BCUT2D eigenvalue weighted by atomic mass is 35.5. The molecular weight excluding hydrogens is 393 g/mol. The fourth-order valence-electron chi connectivity index (χ4n) is 2.70. The molecule has 0 aliphatic heterocycles. The predicted octanol–water partition coefficient (Wildman–Crippen LogP) is 5.76. The maximum Gasteiger partial charge on any atom is 0.257 e. The van der Waals surface area contributed by atoms with Crippen LogP contribution >= 0.6 is 34.8 Å². The van der Waals surface area contributed by atoms with Gasteiger partial charge in [-0.3, -0.25) is 9.48 Å². The average molecular weight is 409 g/mol. The van der Waals surface area contributed by atoms with E-state index in [0.717, 1.165) is 17.0 Å².